The molecule has 2 aliphatic rings. The van der Waals surface area contributed by atoms with Crippen LogP contribution in [-0.4, -0.2) is 47.3 Å². The first kappa shape index (κ1) is 17.8. The Bertz CT molecular complexity index is 868. The minimum absolute atomic E-state index is 0.0837. The van der Waals surface area contributed by atoms with Crippen molar-refractivity contribution < 1.29 is 14.3 Å². The quantitative estimate of drug-likeness (QED) is 0.802. The standard InChI is InChI=1S/C18H21N5O3S/c1-26-17(25)14-9-19-18(27-14)20-16(24)12-5-3-7-23(10-12)15-8-11-4-2-6-13(11)21-22-15/h8-9,12H,2-7,10H2,1H3,(H,19,20,24)/t12-/m1/s1. The highest BCUT2D eigenvalue weighted by Gasteiger charge is 2.28. The molecule has 0 unspecified atom stereocenters. The number of nitrogens with one attached hydrogen (secondary N) is 1. The molecule has 0 aromatic carbocycles. The van der Waals surface area contributed by atoms with Gasteiger partial charge in [-0.2, -0.15) is 5.10 Å². The number of carbonyl (C=O) groups excluding carboxylic acids is 2. The van der Waals surface area contributed by atoms with Crippen LogP contribution in [0.4, 0.5) is 10.9 Å². The Labute approximate surface area is 161 Å². The maximum absolute atomic E-state index is 12.7. The molecule has 1 aliphatic carbocycles. The summed E-state index contributed by atoms with van der Waals surface area (Å²) >= 11 is 1.11. The van der Waals surface area contributed by atoms with E-state index in [0.29, 0.717) is 16.6 Å². The summed E-state index contributed by atoms with van der Waals surface area (Å²) in [4.78, 5) is 30.8. The van der Waals surface area contributed by atoms with E-state index in [9.17, 15) is 9.59 Å². The molecule has 27 heavy (non-hydrogen) atoms. The number of amides is 1. The van der Waals surface area contributed by atoms with Crippen LogP contribution in [0.1, 0.15) is 40.2 Å². The third-order valence-electron chi connectivity index (χ3n) is 5.05. The summed E-state index contributed by atoms with van der Waals surface area (Å²) in [6.07, 6.45) is 6.36. The number of methoxy groups -OCH3 is 1. The molecule has 9 heteroatoms. The highest BCUT2D eigenvalue weighted by molar-refractivity contribution is 7.17. The summed E-state index contributed by atoms with van der Waals surface area (Å²) in [6.45, 7) is 1.48. The van der Waals surface area contributed by atoms with Crippen LogP contribution >= 0.6 is 11.3 Å². The van der Waals surface area contributed by atoms with Crippen LogP contribution in [0.25, 0.3) is 0 Å². The number of aryl methyl sites for hydroxylation is 2. The molecule has 0 bridgehead atoms. The van der Waals surface area contributed by atoms with E-state index in [1.807, 2.05) is 0 Å². The highest BCUT2D eigenvalue weighted by Crippen LogP contribution is 2.27. The van der Waals surface area contributed by atoms with E-state index in [1.54, 1.807) is 0 Å². The van der Waals surface area contributed by atoms with E-state index >= 15 is 0 Å². The average Bonchev–Trinajstić information content (AvgIpc) is 3.36. The van der Waals surface area contributed by atoms with Gasteiger partial charge in [-0.15, -0.1) is 5.10 Å². The van der Waals surface area contributed by atoms with Crippen molar-refractivity contribution in [2.24, 2.45) is 5.92 Å². The molecule has 0 spiro atoms. The van der Waals surface area contributed by atoms with Crippen LogP contribution in [0.15, 0.2) is 12.3 Å². The van der Waals surface area contributed by atoms with E-state index in [2.05, 4.69) is 36.2 Å². The van der Waals surface area contributed by atoms with Crippen molar-refractivity contribution in [1.29, 1.82) is 0 Å². The van der Waals surface area contributed by atoms with E-state index in [0.717, 1.165) is 61.5 Å². The summed E-state index contributed by atoms with van der Waals surface area (Å²) in [5.41, 5.74) is 2.39. The fraction of sp³-hybridized carbons (Fsp3) is 0.500. The predicted molar refractivity (Wildman–Crippen MR) is 101 cm³/mol. The zero-order valence-electron chi connectivity index (χ0n) is 15.1. The van der Waals surface area contributed by atoms with Crippen molar-refractivity contribution in [2.45, 2.75) is 32.1 Å². The second kappa shape index (κ2) is 7.59. The lowest BCUT2D eigenvalue weighted by molar-refractivity contribution is -0.120. The largest absolute Gasteiger partial charge is 0.465 e. The van der Waals surface area contributed by atoms with E-state index in [-0.39, 0.29) is 11.8 Å². The fourth-order valence-corrected chi connectivity index (χ4v) is 4.34. The molecule has 2 aromatic rings. The Morgan fingerprint density at radius 1 is 1.30 bits per heavy atom. The molecule has 4 rings (SSSR count). The second-order valence-corrected chi connectivity index (χ2v) is 7.85. The lowest BCUT2D eigenvalue weighted by Crippen LogP contribution is -2.41. The van der Waals surface area contributed by atoms with Gasteiger partial charge in [-0.1, -0.05) is 11.3 Å². The van der Waals surface area contributed by atoms with Crippen LogP contribution in [0.5, 0.6) is 0 Å². The van der Waals surface area contributed by atoms with Crippen LogP contribution in [0.2, 0.25) is 0 Å². The smallest absolute Gasteiger partial charge is 0.349 e. The molecule has 142 valence electrons. The van der Waals surface area contributed by atoms with Gasteiger partial charge in [-0.3, -0.25) is 4.79 Å². The number of hydrogen-bond acceptors (Lipinski definition) is 8. The van der Waals surface area contributed by atoms with Gasteiger partial charge in [0.05, 0.1) is 24.9 Å². The molecule has 3 heterocycles. The van der Waals surface area contributed by atoms with Gasteiger partial charge < -0.3 is 15.0 Å². The number of fused-ring (bicyclic) bond motifs is 1. The lowest BCUT2D eigenvalue weighted by atomic mass is 9.97. The van der Waals surface area contributed by atoms with E-state index < -0.39 is 5.97 Å². The Kier molecular flexibility index (Phi) is 5.02. The number of carbonyl (C=O) groups is 2. The van der Waals surface area contributed by atoms with Crippen molar-refractivity contribution in [3.8, 4) is 0 Å². The molecule has 0 saturated carbocycles. The maximum Gasteiger partial charge on any atom is 0.349 e. The third kappa shape index (κ3) is 3.78. The molecular formula is C18H21N5O3S. The van der Waals surface area contributed by atoms with Crippen LogP contribution in [0.3, 0.4) is 0 Å². The first-order valence-corrected chi connectivity index (χ1v) is 9.91. The molecule has 8 nitrogen and oxygen atoms in total. The minimum atomic E-state index is -0.452. The number of thiazole rings is 1. The van der Waals surface area contributed by atoms with Crippen molar-refractivity contribution >= 4 is 34.2 Å². The van der Waals surface area contributed by atoms with Crippen LogP contribution < -0.4 is 10.2 Å². The van der Waals surface area contributed by atoms with Crippen molar-refractivity contribution in [2.75, 3.05) is 30.4 Å². The monoisotopic (exact) mass is 387 g/mol. The third-order valence-corrected chi connectivity index (χ3v) is 5.94. The summed E-state index contributed by atoms with van der Waals surface area (Å²) < 4.78 is 4.66. The van der Waals surface area contributed by atoms with Crippen molar-refractivity contribution in [3.63, 3.8) is 0 Å². The molecule has 2 aromatic heterocycles. The SMILES string of the molecule is COC(=O)c1cnc(NC(=O)[C@@H]2CCCN(c3cc4c(nn3)CCC4)C2)s1. The topological polar surface area (TPSA) is 97.3 Å². The zero-order chi connectivity index (χ0) is 18.8. The first-order valence-electron chi connectivity index (χ1n) is 9.09. The molecule has 1 atom stereocenters. The number of nitrogens with zero attached hydrogens (tertiary/aromatic N) is 4. The number of piperidine rings is 1. The van der Waals surface area contributed by atoms with E-state index in [4.69, 9.17) is 0 Å². The summed E-state index contributed by atoms with van der Waals surface area (Å²) in [7, 11) is 1.32. The van der Waals surface area contributed by atoms with Gasteiger partial charge in [-0.05, 0) is 43.7 Å². The normalized spacial score (nSPS) is 18.9. The number of esters is 1. The Morgan fingerprint density at radius 3 is 3.04 bits per heavy atom. The Hall–Kier alpha value is -2.55. The number of anilines is 2. The molecular weight excluding hydrogens is 366 g/mol. The average molecular weight is 387 g/mol. The van der Waals surface area contributed by atoms with Gasteiger partial charge in [0.2, 0.25) is 5.91 Å². The maximum atomic E-state index is 12.7. The van der Waals surface area contributed by atoms with Gasteiger partial charge in [0.25, 0.3) is 0 Å². The molecule has 1 amide bonds. The Morgan fingerprint density at radius 2 is 2.19 bits per heavy atom. The fourth-order valence-electron chi connectivity index (χ4n) is 3.61. The van der Waals surface area contributed by atoms with Gasteiger partial charge in [0, 0.05) is 13.1 Å². The van der Waals surface area contributed by atoms with Gasteiger partial charge in [-0.25, -0.2) is 9.78 Å². The number of aromatic nitrogens is 3. The Balaban J connectivity index is 1.41. The molecule has 1 aliphatic heterocycles. The highest BCUT2D eigenvalue weighted by atomic mass is 32.1. The summed E-state index contributed by atoms with van der Waals surface area (Å²) in [5.74, 6) is 0.168. The van der Waals surface area contributed by atoms with Crippen molar-refractivity contribution in [3.05, 3.63) is 28.4 Å². The van der Waals surface area contributed by atoms with Crippen LogP contribution in [-0.2, 0) is 22.4 Å². The molecule has 0 radical (unpaired) electrons. The van der Waals surface area contributed by atoms with Gasteiger partial charge >= 0.3 is 5.97 Å². The number of rotatable bonds is 4. The minimum Gasteiger partial charge on any atom is -0.465 e. The van der Waals surface area contributed by atoms with E-state index in [1.165, 1.54) is 18.9 Å². The molecule has 1 saturated heterocycles. The summed E-state index contributed by atoms with van der Waals surface area (Å²) in [5, 5.41) is 12.0. The number of ether oxygens (including phenoxy) is 1. The number of hydrogen-bond donors (Lipinski definition) is 1. The summed E-state index contributed by atoms with van der Waals surface area (Å²) in [6, 6.07) is 2.12. The van der Waals surface area contributed by atoms with Crippen molar-refractivity contribution in [1.82, 2.24) is 15.2 Å². The van der Waals surface area contributed by atoms with Gasteiger partial charge in [0.1, 0.15) is 4.88 Å². The van der Waals surface area contributed by atoms with Crippen LogP contribution in [0, 0.1) is 5.92 Å². The molecule has 1 fully saturated rings. The van der Waals surface area contributed by atoms with Gasteiger partial charge in [0.15, 0.2) is 10.9 Å². The second-order valence-electron chi connectivity index (χ2n) is 6.82. The zero-order valence-corrected chi connectivity index (χ0v) is 15.9. The molecule has 1 N–H and O–H groups in total. The predicted octanol–water partition coefficient (Wildman–Crippen LogP) is 2.06. The first-order chi connectivity index (χ1) is 13.1. The lowest BCUT2D eigenvalue weighted by Gasteiger charge is -2.32.